The molecule has 170 valence electrons. The van der Waals surface area contributed by atoms with Crippen molar-refractivity contribution in [2.75, 3.05) is 23.1 Å². The Labute approximate surface area is 195 Å². The van der Waals surface area contributed by atoms with Crippen molar-refractivity contribution in [3.05, 3.63) is 34.7 Å². The van der Waals surface area contributed by atoms with Crippen LogP contribution in [0.5, 0.6) is 0 Å². The van der Waals surface area contributed by atoms with Gasteiger partial charge in [0, 0.05) is 10.7 Å². The molecule has 11 heteroatoms. The predicted molar refractivity (Wildman–Crippen MR) is 125 cm³/mol. The van der Waals surface area contributed by atoms with Crippen LogP contribution >= 0.6 is 35.1 Å². The van der Waals surface area contributed by atoms with E-state index in [0.29, 0.717) is 17.1 Å². The van der Waals surface area contributed by atoms with Crippen molar-refractivity contribution in [3.8, 4) is 0 Å². The van der Waals surface area contributed by atoms with Crippen LogP contribution in [0, 0.1) is 6.92 Å². The molecule has 1 aromatic heterocycles. The van der Waals surface area contributed by atoms with Crippen molar-refractivity contribution >= 4 is 52.8 Å². The molecule has 2 N–H and O–H groups in total. The summed E-state index contributed by atoms with van der Waals surface area (Å²) in [7, 11) is 0. The van der Waals surface area contributed by atoms with Gasteiger partial charge in [-0.05, 0) is 63.8 Å². The lowest BCUT2D eigenvalue weighted by atomic mass is 10.2. The highest BCUT2D eigenvalue weighted by molar-refractivity contribution is 7.99. The van der Waals surface area contributed by atoms with Crippen LogP contribution < -0.4 is 10.6 Å². The second kappa shape index (κ2) is 11.6. The van der Waals surface area contributed by atoms with Gasteiger partial charge in [-0.2, -0.15) is 11.8 Å². The average molecular weight is 487 g/mol. The van der Waals surface area contributed by atoms with E-state index in [4.69, 9.17) is 20.8 Å². The topological polar surface area (TPSA) is 106 Å². The smallest absolute Gasteiger partial charge is 0.408 e. The number of amides is 2. The van der Waals surface area contributed by atoms with Crippen LogP contribution in [0.1, 0.15) is 44.7 Å². The van der Waals surface area contributed by atoms with Crippen molar-refractivity contribution in [3.63, 3.8) is 0 Å². The monoisotopic (exact) mass is 486 g/mol. The van der Waals surface area contributed by atoms with Crippen molar-refractivity contribution in [1.82, 2.24) is 15.5 Å². The van der Waals surface area contributed by atoms with Gasteiger partial charge in [0.15, 0.2) is 0 Å². The number of carbonyl (C=O) groups excluding carboxylic acids is 2. The molecule has 2 rings (SSSR count). The lowest BCUT2D eigenvalue weighted by molar-refractivity contribution is -0.113. The predicted octanol–water partition coefficient (Wildman–Crippen LogP) is 5.08. The Morgan fingerprint density at radius 2 is 2.03 bits per heavy atom. The van der Waals surface area contributed by atoms with E-state index in [1.165, 1.54) is 0 Å². The number of aromatic nitrogens is 2. The number of nitrogens with zero attached hydrogens (tertiary/aromatic N) is 2. The molecule has 0 saturated carbocycles. The number of anilines is 1. The first-order valence-electron chi connectivity index (χ1n) is 9.58. The number of hydrogen-bond acceptors (Lipinski definition) is 8. The van der Waals surface area contributed by atoms with E-state index >= 15 is 0 Å². The van der Waals surface area contributed by atoms with Crippen LogP contribution in [-0.2, 0) is 9.53 Å². The minimum atomic E-state index is -0.612. The third-order valence-corrected chi connectivity index (χ3v) is 5.76. The summed E-state index contributed by atoms with van der Waals surface area (Å²) < 4.78 is 11.0. The Bertz CT molecular complexity index is 902. The van der Waals surface area contributed by atoms with Crippen molar-refractivity contribution in [2.45, 2.75) is 51.0 Å². The largest absolute Gasteiger partial charge is 0.444 e. The zero-order chi connectivity index (χ0) is 23.0. The first-order valence-corrected chi connectivity index (χ1v) is 12.3. The molecule has 31 heavy (non-hydrogen) atoms. The Morgan fingerprint density at radius 1 is 1.29 bits per heavy atom. The molecule has 0 aliphatic heterocycles. The molecule has 0 aliphatic carbocycles. The summed E-state index contributed by atoms with van der Waals surface area (Å²) in [6, 6.07) is 4.84. The number of ether oxygens (including phenoxy) is 1. The summed E-state index contributed by atoms with van der Waals surface area (Å²) in [6.45, 7) is 7.21. The van der Waals surface area contributed by atoms with Gasteiger partial charge < -0.3 is 19.8 Å². The summed E-state index contributed by atoms with van der Waals surface area (Å²) in [5.41, 5.74) is 0.842. The van der Waals surface area contributed by atoms with E-state index < -0.39 is 17.7 Å². The number of alkyl carbamates (subject to hydrolysis) is 1. The van der Waals surface area contributed by atoms with E-state index in [0.717, 1.165) is 23.1 Å². The third-order valence-electron chi connectivity index (χ3n) is 3.89. The molecular weight excluding hydrogens is 460 g/mol. The number of halogens is 1. The first-order chi connectivity index (χ1) is 14.6. The third kappa shape index (κ3) is 8.62. The highest BCUT2D eigenvalue weighted by Crippen LogP contribution is 2.25. The molecule has 0 fully saturated rings. The lowest BCUT2D eigenvalue weighted by Gasteiger charge is -2.22. The molecule has 1 heterocycles. The maximum atomic E-state index is 12.3. The van der Waals surface area contributed by atoms with E-state index in [2.05, 4.69) is 20.8 Å². The molecule has 2 aromatic rings. The molecule has 0 unspecified atom stereocenters. The molecule has 0 aliphatic rings. The molecular formula is C20H27ClN4O4S2. The Balaban J connectivity index is 1.96. The second-order valence-electron chi connectivity index (χ2n) is 7.64. The molecule has 1 atom stereocenters. The van der Waals surface area contributed by atoms with E-state index in [-0.39, 0.29) is 22.8 Å². The summed E-state index contributed by atoms with van der Waals surface area (Å²) >= 11 is 8.83. The lowest BCUT2D eigenvalue weighted by Crippen LogP contribution is -2.35. The molecule has 8 nitrogen and oxygen atoms in total. The van der Waals surface area contributed by atoms with E-state index in [1.54, 1.807) is 50.7 Å². The fourth-order valence-electron chi connectivity index (χ4n) is 2.42. The number of hydrogen-bond donors (Lipinski definition) is 2. The Kier molecular flexibility index (Phi) is 9.52. The van der Waals surface area contributed by atoms with E-state index in [9.17, 15) is 9.59 Å². The van der Waals surface area contributed by atoms with Crippen LogP contribution in [0.4, 0.5) is 10.5 Å². The molecule has 0 radical (unpaired) electrons. The van der Waals surface area contributed by atoms with Crippen LogP contribution in [0.25, 0.3) is 0 Å². The van der Waals surface area contributed by atoms with Gasteiger partial charge >= 0.3 is 6.09 Å². The van der Waals surface area contributed by atoms with Crippen LogP contribution in [-0.4, -0.2) is 45.6 Å². The highest BCUT2D eigenvalue weighted by atomic mass is 35.5. The zero-order valence-electron chi connectivity index (χ0n) is 18.2. The summed E-state index contributed by atoms with van der Waals surface area (Å²) in [5, 5.41) is 14.4. The molecule has 0 saturated heterocycles. The fraction of sp³-hybridized carbons (Fsp3) is 0.500. The number of thioether (sulfide) groups is 2. The van der Waals surface area contributed by atoms with Gasteiger partial charge in [-0.15, -0.1) is 10.2 Å². The summed E-state index contributed by atoms with van der Waals surface area (Å²) in [4.78, 5) is 24.4. The van der Waals surface area contributed by atoms with Crippen molar-refractivity contribution in [1.29, 1.82) is 0 Å². The number of benzene rings is 1. The Morgan fingerprint density at radius 3 is 2.71 bits per heavy atom. The normalized spacial score (nSPS) is 12.3. The van der Waals surface area contributed by atoms with Crippen LogP contribution in [0.2, 0.25) is 5.02 Å². The van der Waals surface area contributed by atoms with Gasteiger partial charge in [-0.3, -0.25) is 4.79 Å². The summed E-state index contributed by atoms with van der Waals surface area (Å²) in [6.07, 6.45) is 2.02. The van der Waals surface area contributed by atoms with Crippen LogP contribution in [0.3, 0.4) is 0 Å². The van der Waals surface area contributed by atoms with Gasteiger partial charge in [0.25, 0.3) is 5.22 Å². The minimum absolute atomic E-state index is 0.0859. The fourth-order valence-corrected chi connectivity index (χ4v) is 3.63. The molecule has 0 spiro atoms. The molecule has 2 amide bonds. The van der Waals surface area contributed by atoms with Gasteiger partial charge in [-0.25, -0.2) is 4.79 Å². The number of nitrogens with one attached hydrogen (secondary N) is 2. The maximum Gasteiger partial charge on any atom is 0.408 e. The second-order valence-corrected chi connectivity index (χ2v) is 9.96. The van der Waals surface area contributed by atoms with Gasteiger partial charge in [0.1, 0.15) is 11.6 Å². The van der Waals surface area contributed by atoms with Gasteiger partial charge in [0.2, 0.25) is 11.8 Å². The SMILES string of the molecule is CSCC[C@@H](NC(=O)OC(C)(C)C)c1nnc(SCC(=O)Nc2cccc(Cl)c2C)o1. The summed E-state index contributed by atoms with van der Waals surface area (Å²) in [5.74, 6) is 0.921. The number of rotatable bonds is 9. The zero-order valence-corrected chi connectivity index (χ0v) is 20.5. The Hall–Kier alpha value is -1.91. The van der Waals surface area contributed by atoms with Crippen molar-refractivity contribution in [2.24, 2.45) is 0 Å². The molecule has 0 bridgehead atoms. The highest BCUT2D eigenvalue weighted by Gasteiger charge is 2.24. The maximum absolute atomic E-state index is 12.3. The van der Waals surface area contributed by atoms with Gasteiger partial charge in [-0.1, -0.05) is 29.4 Å². The average Bonchev–Trinajstić information content (AvgIpc) is 3.14. The van der Waals surface area contributed by atoms with Crippen molar-refractivity contribution < 1.29 is 18.7 Å². The van der Waals surface area contributed by atoms with Gasteiger partial charge in [0.05, 0.1) is 5.75 Å². The van der Waals surface area contributed by atoms with E-state index in [1.807, 2.05) is 13.2 Å². The molecule has 1 aromatic carbocycles. The first kappa shape index (κ1) is 25.4. The van der Waals surface area contributed by atoms with Crippen LogP contribution in [0.15, 0.2) is 27.8 Å². The quantitative estimate of drug-likeness (QED) is 0.472. The number of carbonyl (C=O) groups is 2. The minimum Gasteiger partial charge on any atom is -0.444 e. The standard InChI is InChI=1S/C20H27ClN4O4S2/c1-12-13(21)7-6-8-14(12)22-16(26)11-31-19-25-24-17(28-19)15(9-10-30-5)23-18(27)29-20(2,3)4/h6-8,15H,9-11H2,1-5H3,(H,22,26)(H,23,27)/t15-/m1/s1.